The van der Waals surface area contributed by atoms with Crippen LogP contribution in [0.3, 0.4) is 0 Å². The molecule has 1 saturated carbocycles. The van der Waals surface area contributed by atoms with Crippen molar-refractivity contribution in [3.8, 4) is 5.75 Å². The minimum absolute atomic E-state index is 0.0221. The molecule has 1 atom stereocenters. The first-order valence-corrected chi connectivity index (χ1v) is 6.82. The third kappa shape index (κ3) is 4.16. The van der Waals surface area contributed by atoms with Crippen LogP contribution in [0.4, 0.5) is 0 Å². The van der Waals surface area contributed by atoms with Crippen LogP contribution in [0.1, 0.15) is 25.3 Å². The Bertz CT molecular complexity index is 437. The molecule has 104 valence electrons. The number of benzene rings is 1. The predicted molar refractivity (Wildman–Crippen MR) is 78.5 cm³/mol. The number of nitrogens with zero attached hydrogens (tertiary/aromatic N) is 2. The molecule has 1 fully saturated rings. The predicted octanol–water partition coefficient (Wildman–Crippen LogP) is 2.17. The summed E-state index contributed by atoms with van der Waals surface area (Å²) in [5.41, 5.74) is 7.17. The zero-order valence-corrected chi connectivity index (χ0v) is 12.0. The lowest BCUT2D eigenvalue weighted by Crippen LogP contribution is -2.36. The van der Waals surface area contributed by atoms with Crippen LogP contribution in [-0.2, 0) is 0 Å². The van der Waals surface area contributed by atoms with E-state index in [-0.39, 0.29) is 6.10 Å². The van der Waals surface area contributed by atoms with Gasteiger partial charge >= 0.3 is 0 Å². The van der Waals surface area contributed by atoms with Crippen LogP contribution < -0.4 is 10.5 Å². The molecule has 0 radical (unpaired) electrons. The van der Waals surface area contributed by atoms with Crippen molar-refractivity contribution in [2.75, 3.05) is 13.6 Å². The first-order valence-electron chi connectivity index (χ1n) is 6.82. The van der Waals surface area contributed by atoms with Gasteiger partial charge in [-0.15, -0.1) is 0 Å². The van der Waals surface area contributed by atoms with Gasteiger partial charge in [0.25, 0.3) is 0 Å². The Balaban J connectivity index is 1.81. The van der Waals surface area contributed by atoms with E-state index < -0.39 is 0 Å². The fraction of sp³-hybridized carbons (Fsp3) is 0.533. The lowest BCUT2D eigenvalue weighted by Gasteiger charge is -2.18. The number of hydrogen-bond donors (Lipinski definition) is 1. The van der Waals surface area contributed by atoms with Gasteiger partial charge in [0.15, 0.2) is 5.96 Å². The fourth-order valence-corrected chi connectivity index (χ4v) is 1.87. The second-order valence-corrected chi connectivity index (χ2v) is 5.28. The van der Waals surface area contributed by atoms with E-state index in [1.807, 2.05) is 38.2 Å². The molecule has 2 rings (SSSR count). The number of aliphatic imine (C=N–C) groups is 1. The van der Waals surface area contributed by atoms with Crippen molar-refractivity contribution in [3.05, 3.63) is 29.8 Å². The summed E-state index contributed by atoms with van der Waals surface area (Å²) in [7, 11) is 2.00. The molecule has 0 amide bonds. The molecule has 4 nitrogen and oxygen atoms in total. The topological polar surface area (TPSA) is 50.9 Å². The van der Waals surface area contributed by atoms with Crippen LogP contribution in [-0.4, -0.2) is 36.6 Å². The van der Waals surface area contributed by atoms with Crippen molar-refractivity contribution in [3.63, 3.8) is 0 Å². The van der Waals surface area contributed by atoms with Gasteiger partial charge in [0.1, 0.15) is 11.9 Å². The van der Waals surface area contributed by atoms with Gasteiger partial charge in [-0.1, -0.05) is 17.7 Å². The lowest BCUT2D eigenvalue weighted by atomic mass is 10.2. The zero-order valence-electron chi connectivity index (χ0n) is 12.0. The van der Waals surface area contributed by atoms with E-state index in [1.165, 1.54) is 18.4 Å². The number of rotatable bonds is 5. The molecular weight excluding hydrogens is 238 g/mol. The molecule has 0 aliphatic heterocycles. The highest BCUT2D eigenvalue weighted by Crippen LogP contribution is 2.24. The Labute approximate surface area is 115 Å². The molecule has 1 aromatic carbocycles. The minimum atomic E-state index is 0.0221. The summed E-state index contributed by atoms with van der Waals surface area (Å²) < 4.78 is 5.79. The second-order valence-electron chi connectivity index (χ2n) is 5.28. The Hall–Kier alpha value is -1.71. The molecule has 0 saturated heterocycles. The molecule has 4 heteroatoms. The standard InChI is InChI=1S/C15H23N3O/c1-11-4-8-14(9-5-11)19-12(2)10-17-15(16)18(3)13-6-7-13/h4-5,8-9,12-13H,6-7,10H2,1-3H3,(H2,16,17). The Morgan fingerprint density at radius 3 is 2.63 bits per heavy atom. The van der Waals surface area contributed by atoms with Crippen molar-refractivity contribution >= 4 is 5.96 Å². The summed E-state index contributed by atoms with van der Waals surface area (Å²) in [5, 5.41) is 0. The van der Waals surface area contributed by atoms with E-state index in [2.05, 4.69) is 16.8 Å². The van der Waals surface area contributed by atoms with Gasteiger partial charge in [-0.2, -0.15) is 0 Å². The van der Waals surface area contributed by atoms with Crippen molar-refractivity contribution < 1.29 is 4.74 Å². The molecule has 19 heavy (non-hydrogen) atoms. The van der Waals surface area contributed by atoms with E-state index in [4.69, 9.17) is 10.5 Å². The SMILES string of the molecule is Cc1ccc(OC(C)CN=C(N)N(C)C2CC2)cc1. The molecule has 1 unspecified atom stereocenters. The third-order valence-electron chi connectivity index (χ3n) is 3.32. The largest absolute Gasteiger partial charge is 0.489 e. The Morgan fingerprint density at radius 2 is 2.05 bits per heavy atom. The Kier molecular flexibility index (Phi) is 4.30. The van der Waals surface area contributed by atoms with Crippen LogP contribution >= 0.6 is 0 Å². The van der Waals surface area contributed by atoms with Crippen molar-refractivity contribution in [2.45, 2.75) is 38.8 Å². The molecule has 0 bridgehead atoms. The summed E-state index contributed by atoms with van der Waals surface area (Å²) in [6, 6.07) is 8.64. The smallest absolute Gasteiger partial charge is 0.191 e. The molecule has 0 aromatic heterocycles. The first-order chi connectivity index (χ1) is 9.06. The maximum absolute atomic E-state index is 5.94. The van der Waals surface area contributed by atoms with Gasteiger partial charge in [0, 0.05) is 13.1 Å². The quantitative estimate of drug-likeness (QED) is 0.653. The number of aryl methyl sites for hydroxylation is 1. The van der Waals surface area contributed by atoms with Crippen molar-refractivity contribution in [2.24, 2.45) is 10.7 Å². The maximum atomic E-state index is 5.94. The maximum Gasteiger partial charge on any atom is 0.191 e. The summed E-state index contributed by atoms with van der Waals surface area (Å²) >= 11 is 0. The molecule has 0 heterocycles. The van der Waals surface area contributed by atoms with Crippen LogP contribution in [0.2, 0.25) is 0 Å². The van der Waals surface area contributed by atoms with E-state index in [0.29, 0.717) is 18.5 Å². The van der Waals surface area contributed by atoms with Gasteiger partial charge in [-0.3, -0.25) is 0 Å². The lowest BCUT2D eigenvalue weighted by molar-refractivity contribution is 0.230. The monoisotopic (exact) mass is 261 g/mol. The third-order valence-corrected chi connectivity index (χ3v) is 3.32. The summed E-state index contributed by atoms with van der Waals surface area (Å²) in [6.45, 7) is 4.65. The van der Waals surface area contributed by atoms with Gasteiger partial charge in [-0.25, -0.2) is 4.99 Å². The van der Waals surface area contributed by atoms with Gasteiger partial charge in [-0.05, 0) is 38.8 Å². The summed E-state index contributed by atoms with van der Waals surface area (Å²) in [5.74, 6) is 1.49. The molecule has 0 spiro atoms. The first kappa shape index (κ1) is 13.7. The van der Waals surface area contributed by atoms with Crippen molar-refractivity contribution in [1.29, 1.82) is 0 Å². The van der Waals surface area contributed by atoms with Gasteiger partial charge in [0.2, 0.25) is 0 Å². The molecule has 1 aliphatic rings. The zero-order chi connectivity index (χ0) is 13.8. The van der Waals surface area contributed by atoms with Crippen LogP contribution in [0.5, 0.6) is 5.75 Å². The highest BCUT2D eigenvalue weighted by atomic mass is 16.5. The minimum Gasteiger partial charge on any atom is -0.489 e. The summed E-state index contributed by atoms with van der Waals surface area (Å²) in [4.78, 5) is 6.45. The van der Waals surface area contributed by atoms with E-state index in [9.17, 15) is 0 Å². The van der Waals surface area contributed by atoms with E-state index >= 15 is 0 Å². The van der Waals surface area contributed by atoms with Gasteiger partial charge in [0.05, 0.1) is 6.54 Å². The Morgan fingerprint density at radius 1 is 1.42 bits per heavy atom. The summed E-state index contributed by atoms with van der Waals surface area (Å²) in [6.07, 6.45) is 2.47. The van der Waals surface area contributed by atoms with Crippen LogP contribution in [0, 0.1) is 6.92 Å². The number of nitrogens with two attached hydrogens (primary N) is 1. The second kappa shape index (κ2) is 5.95. The van der Waals surface area contributed by atoms with E-state index in [0.717, 1.165) is 5.75 Å². The van der Waals surface area contributed by atoms with Crippen LogP contribution in [0.15, 0.2) is 29.3 Å². The molecule has 1 aromatic rings. The van der Waals surface area contributed by atoms with E-state index in [1.54, 1.807) is 0 Å². The highest BCUT2D eigenvalue weighted by Gasteiger charge is 2.27. The average Bonchev–Trinajstić information content (AvgIpc) is 3.22. The molecular formula is C15H23N3O. The molecule has 2 N–H and O–H groups in total. The van der Waals surface area contributed by atoms with Crippen LogP contribution in [0.25, 0.3) is 0 Å². The normalized spacial score (nSPS) is 17.1. The molecule has 1 aliphatic carbocycles. The average molecular weight is 261 g/mol. The number of hydrogen-bond acceptors (Lipinski definition) is 2. The van der Waals surface area contributed by atoms with Gasteiger partial charge < -0.3 is 15.4 Å². The fourth-order valence-electron chi connectivity index (χ4n) is 1.87. The number of ether oxygens (including phenoxy) is 1. The van der Waals surface area contributed by atoms with Crippen molar-refractivity contribution in [1.82, 2.24) is 4.90 Å². The highest BCUT2D eigenvalue weighted by molar-refractivity contribution is 5.78. The number of guanidine groups is 1.